The third-order valence-corrected chi connectivity index (χ3v) is 2.09. The first-order chi connectivity index (χ1) is 7.79. The van der Waals surface area contributed by atoms with Crippen LogP contribution in [0.2, 0.25) is 0 Å². The van der Waals surface area contributed by atoms with Gasteiger partial charge in [0.15, 0.2) is 11.4 Å². The number of ether oxygens (including phenoxy) is 1. The van der Waals surface area contributed by atoms with E-state index in [1.54, 1.807) is 18.3 Å². The average Bonchev–Trinajstić information content (AvgIpc) is 2.30. The second kappa shape index (κ2) is 4.45. The molecule has 1 aromatic carbocycles. The summed E-state index contributed by atoms with van der Waals surface area (Å²) >= 11 is 0. The lowest BCUT2D eigenvalue weighted by atomic mass is 10.2. The summed E-state index contributed by atoms with van der Waals surface area (Å²) < 4.78 is 5.60. The second-order valence-electron chi connectivity index (χ2n) is 3.38. The number of nitrogens with zero attached hydrogens (tertiary/aromatic N) is 2. The molecule has 0 amide bonds. The van der Waals surface area contributed by atoms with Gasteiger partial charge in [0.05, 0.1) is 0 Å². The van der Waals surface area contributed by atoms with Gasteiger partial charge in [0.25, 0.3) is 0 Å². The largest absolute Gasteiger partial charge is 0.454 e. The van der Waals surface area contributed by atoms with E-state index in [9.17, 15) is 0 Å². The fourth-order valence-corrected chi connectivity index (χ4v) is 1.36. The predicted molar refractivity (Wildman–Crippen MR) is 60.2 cm³/mol. The summed E-state index contributed by atoms with van der Waals surface area (Å²) in [5.74, 6) is 1.19. The van der Waals surface area contributed by atoms with Crippen molar-refractivity contribution in [3.63, 3.8) is 0 Å². The highest BCUT2D eigenvalue weighted by Crippen LogP contribution is 2.23. The molecule has 0 aliphatic carbocycles. The van der Waals surface area contributed by atoms with Crippen LogP contribution in [-0.2, 0) is 0 Å². The van der Waals surface area contributed by atoms with Crippen LogP contribution in [0.15, 0.2) is 42.6 Å². The normalized spacial score (nSPS) is 9.50. The maximum atomic E-state index is 8.86. The van der Waals surface area contributed by atoms with Gasteiger partial charge in [-0.15, -0.1) is 0 Å². The summed E-state index contributed by atoms with van der Waals surface area (Å²) in [6.07, 6.45) is 1.57. The van der Waals surface area contributed by atoms with Crippen molar-refractivity contribution in [2.75, 3.05) is 0 Å². The highest BCUT2D eigenvalue weighted by atomic mass is 16.5. The fourth-order valence-electron chi connectivity index (χ4n) is 1.36. The van der Waals surface area contributed by atoms with Gasteiger partial charge >= 0.3 is 0 Å². The fraction of sp³-hybridized carbons (Fsp3) is 0.0769. The van der Waals surface area contributed by atoms with Gasteiger partial charge < -0.3 is 4.74 Å². The second-order valence-corrected chi connectivity index (χ2v) is 3.38. The Bertz CT molecular complexity index is 544. The lowest BCUT2D eigenvalue weighted by Gasteiger charge is -2.06. The van der Waals surface area contributed by atoms with Gasteiger partial charge in [0.2, 0.25) is 0 Å². The van der Waals surface area contributed by atoms with E-state index < -0.39 is 0 Å². The van der Waals surface area contributed by atoms with E-state index in [1.165, 1.54) is 0 Å². The van der Waals surface area contributed by atoms with E-state index >= 15 is 0 Å². The number of hydrogen-bond donors (Lipinski definition) is 0. The van der Waals surface area contributed by atoms with Crippen LogP contribution in [0, 0.1) is 18.3 Å². The Morgan fingerprint density at radius 1 is 1.25 bits per heavy atom. The number of hydrogen-bond acceptors (Lipinski definition) is 3. The van der Waals surface area contributed by atoms with Crippen LogP contribution in [0.1, 0.15) is 11.3 Å². The number of aromatic nitrogens is 1. The summed E-state index contributed by atoms with van der Waals surface area (Å²) in [7, 11) is 0. The summed E-state index contributed by atoms with van der Waals surface area (Å²) in [6, 6.07) is 13.1. The summed E-state index contributed by atoms with van der Waals surface area (Å²) in [5, 5.41) is 8.86. The van der Waals surface area contributed by atoms with Gasteiger partial charge in [-0.2, -0.15) is 5.26 Å². The Morgan fingerprint density at radius 2 is 2.12 bits per heavy atom. The molecule has 0 aliphatic heterocycles. The minimum absolute atomic E-state index is 0.295. The van der Waals surface area contributed by atoms with Crippen LogP contribution in [0.4, 0.5) is 0 Å². The lowest BCUT2D eigenvalue weighted by molar-refractivity contribution is 0.478. The molecule has 3 nitrogen and oxygen atoms in total. The minimum atomic E-state index is 0.295. The number of nitriles is 1. The van der Waals surface area contributed by atoms with Crippen molar-refractivity contribution in [3.8, 4) is 17.6 Å². The summed E-state index contributed by atoms with van der Waals surface area (Å²) in [6.45, 7) is 1.99. The molecule has 2 rings (SSSR count). The lowest BCUT2D eigenvalue weighted by Crippen LogP contribution is -1.90. The molecule has 0 radical (unpaired) electrons. The van der Waals surface area contributed by atoms with Crippen molar-refractivity contribution in [3.05, 3.63) is 53.9 Å². The van der Waals surface area contributed by atoms with E-state index in [0.717, 1.165) is 5.56 Å². The molecule has 0 saturated carbocycles. The van der Waals surface area contributed by atoms with Crippen LogP contribution < -0.4 is 4.74 Å². The molecule has 0 spiro atoms. The average molecular weight is 210 g/mol. The highest BCUT2D eigenvalue weighted by molar-refractivity contribution is 5.40. The third-order valence-electron chi connectivity index (χ3n) is 2.09. The summed E-state index contributed by atoms with van der Waals surface area (Å²) in [4.78, 5) is 3.93. The van der Waals surface area contributed by atoms with Crippen LogP contribution in [0.5, 0.6) is 11.5 Å². The Kier molecular flexibility index (Phi) is 2.84. The molecular weight excluding hydrogens is 200 g/mol. The van der Waals surface area contributed by atoms with E-state index in [4.69, 9.17) is 10.00 Å². The van der Waals surface area contributed by atoms with E-state index in [2.05, 4.69) is 4.98 Å². The molecular formula is C13H10N2O. The maximum Gasteiger partial charge on any atom is 0.183 e. The molecule has 1 aromatic heterocycles. The van der Waals surface area contributed by atoms with E-state index in [-0.39, 0.29) is 0 Å². The molecule has 3 heteroatoms. The van der Waals surface area contributed by atoms with E-state index in [0.29, 0.717) is 17.2 Å². The van der Waals surface area contributed by atoms with Crippen LogP contribution >= 0.6 is 0 Å². The zero-order chi connectivity index (χ0) is 11.4. The Balaban J connectivity index is 2.31. The molecule has 0 fully saturated rings. The van der Waals surface area contributed by atoms with Crippen molar-refractivity contribution >= 4 is 0 Å². The molecule has 2 aromatic rings. The molecule has 0 saturated heterocycles. The smallest absolute Gasteiger partial charge is 0.183 e. The molecule has 0 N–H and O–H groups in total. The minimum Gasteiger partial charge on any atom is -0.454 e. The molecule has 0 aliphatic rings. The monoisotopic (exact) mass is 210 g/mol. The first-order valence-electron chi connectivity index (χ1n) is 4.89. The van der Waals surface area contributed by atoms with Crippen molar-refractivity contribution < 1.29 is 4.74 Å². The maximum absolute atomic E-state index is 8.86. The molecule has 0 bridgehead atoms. The third kappa shape index (κ3) is 2.18. The van der Waals surface area contributed by atoms with Gasteiger partial charge in [0.1, 0.15) is 11.8 Å². The quantitative estimate of drug-likeness (QED) is 0.765. The molecule has 78 valence electrons. The van der Waals surface area contributed by atoms with E-state index in [1.807, 2.05) is 37.3 Å². The van der Waals surface area contributed by atoms with Gasteiger partial charge in [-0.05, 0) is 36.8 Å². The standard InChI is InChI=1S/C13H10N2O/c1-10-4-2-5-11(8-10)16-13-6-3-7-15-12(13)9-14/h2-8H,1H3. The Labute approximate surface area is 93.9 Å². The molecule has 16 heavy (non-hydrogen) atoms. The first-order valence-corrected chi connectivity index (χ1v) is 4.89. The molecule has 1 heterocycles. The van der Waals surface area contributed by atoms with Crippen molar-refractivity contribution in [2.24, 2.45) is 0 Å². The SMILES string of the molecule is Cc1cccc(Oc2cccnc2C#N)c1. The topological polar surface area (TPSA) is 45.9 Å². The van der Waals surface area contributed by atoms with Crippen molar-refractivity contribution in [1.29, 1.82) is 5.26 Å². The van der Waals surface area contributed by atoms with Gasteiger partial charge in [-0.25, -0.2) is 4.98 Å². The number of pyridine rings is 1. The Hall–Kier alpha value is -2.34. The number of aryl methyl sites for hydroxylation is 1. The highest BCUT2D eigenvalue weighted by Gasteiger charge is 2.04. The van der Waals surface area contributed by atoms with Crippen LogP contribution in [0.3, 0.4) is 0 Å². The van der Waals surface area contributed by atoms with Crippen LogP contribution in [0.25, 0.3) is 0 Å². The predicted octanol–water partition coefficient (Wildman–Crippen LogP) is 3.05. The molecule has 0 unspecified atom stereocenters. The number of rotatable bonds is 2. The molecule has 0 atom stereocenters. The number of benzene rings is 1. The first kappa shape index (κ1) is 10.2. The van der Waals surface area contributed by atoms with Gasteiger partial charge in [-0.3, -0.25) is 0 Å². The van der Waals surface area contributed by atoms with Crippen LogP contribution in [-0.4, -0.2) is 4.98 Å². The van der Waals surface area contributed by atoms with Gasteiger partial charge in [-0.1, -0.05) is 12.1 Å². The Morgan fingerprint density at radius 3 is 2.88 bits per heavy atom. The van der Waals surface area contributed by atoms with Gasteiger partial charge in [0, 0.05) is 6.20 Å². The van der Waals surface area contributed by atoms with Crippen molar-refractivity contribution in [1.82, 2.24) is 4.98 Å². The zero-order valence-corrected chi connectivity index (χ0v) is 8.84. The van der Waals surface area contributed by atoms with Crippen molar-refractivity contribution in [2.45, 2.75) is 6.92 Å². The zero-order valence-electron chi connectivity index (χ0n) is 8.84. The summed E-state index contributed by atoms with van der Waals surface area (Å²) in [5.41, 5.74) is 1.41.